The lowest BCUT2D eigenvalue weighted by molar-refractivity contribution is 0.216. The van der Waals surface area contributed by atoms with Crippen molar-refractivity contribution in [2.24, 2.45) is 11.8 Å². The highest BCUT2D eigenvalue weighted by molar-refractivity contribution is 6.58. The van der Waals surface area contributed by atoms with E-state index in [0.29, 0.717) is 5.92 Å². The second-order valence-electron chi connectivity index (χ2n) is 8.56. The largest absolute Gasteiger partial charge is 0.204 e. The number of hydrogen-bond acceptors (Lipinski definition) is 0. The normalized spacial score (nSPS) is 30.4. The lowest BCUT2D eigenvalue weighted by Gasteiger charge is -2.37. The van der Waals surface area contributed by atoms with Crippen molar-refractivity contribution in [3.8, 4) is 0 Å². The highest BCUT2D eigenvalue weighted by Gasteiger charge is 2.31. The molecule has 140 valence electrons. The van der Waals surface area contributed by atoms with Crippen LogP contribution < -0.4 is 0 Å². The summed E-state index contributed by atoms with van der Waals surface area (Å²) in [4.78, 5) is 0. The maximum atomic E-state index is 13.5. The van der Waals surface area contributed by atoms with Gasteiger partial charge in [0.25, 0.3) is 0 Å². The summed E-state index contributed by atoms with van der Waals surface area (Å²) in [6.45, 7) is 2.30. The fourth-order valence-corrected chi connectivity index (χ4v) is 8.85. The third kappa shape index (κ3) is 5.15. The van der Waals surface area contributed by atoms with Crippen molar-refractivity contribution in [2.75, 3.05) is 0 Å². The number of hydrogen-bond donors (Lipinski definition) is 0. The van der Waals surface area contributed by atoms with Crippen LogP contribution in [0.4, 0.5) is 8.78 Å². The van der Waals surface area contributed by atoms with Crippen molar-refractivity contribution in [1.29, 1.82) is 0 Å². The van der Waals surface area contributed by atoms with Crippen LogP contribution in [0.3, 0.4) is 0 Å². The van der Waals surface area contributed by atoms with Crippen molar-refractivity contribution < 1.29 is 8.78 Å². The Labute approximate surface area is 154 Å². The third-order valence-electron chi connectivity index (χ3n) is 6.96. The van der Waals surface area contributed by atoms with E-state index in [1.807, 2.05) is 0 Å². The van der Waals surface area contributed by atoms with Gasteiger partial charge in [-0.15, -0.1) is 0 Å². The molecule has 0 aromatic heterocycles. The standard InChI is InChI=1S/C22H34F2Si/c1-2-3-4-13-25-14-11-19(12-15-25)17-5-7-18(8-6-17)20-9-10-21(23)22(24)16-20/h9-10,16-19,25H,2-8,11-15H2,1H3/t17?,18?,19-,25-. The van der Waals surface area contributed by atoms with Crippen LogP contribution in [0.2, 0.25) is 18.1 Å². The van der Waals surface area contributed by atoms with Crippen LogP contribution in [0.25, 0.3) is 0 Å². The summed E-state index contributed by atoms with van der Waals surface area (Å²) >= 11 is 0. The summed E-state index contributed by atoms with van der Waals surface area (Å²) in [6.07, 6.45) is 12.1. The molecule has 1 aliphatic carbocycles. The van der Waals surface area contributed by atoms with E-state index in [1.54, 1.807) is 24.2 Å². The summed E-state index contributed by atoms with van der Waals surface area (Å²) in [5, 5.41) is 0. The Morgan fingerprint density at radius 1 is 0.880 bits per heavy atom. The summed E-state index contributed by atoms with van der Waals surface area (Å²) in [5.41, 5.74) is 1.00. The van der Waals surface area contributed by atoms with Crippen LogP contribution >= 0.6 is 0 Å². The monoisotopic (exact) mass is 364 g/mol. The first-order valence-electron chi connectivity index (χ1n) is 10.6. The molecule has 0 radical (unpaired) electrons. The Morgan fingerprint density at radius 2 is 1.56 bits per heavy atom. The average Bonchev–Trinajstić information content (AvgIpc) is 2.65. The topological polar surface area (TPSA) is 0 Å². The quantitative estimate of drug-likeness (QED) is 0.374. The van der Waals surface area contributed by atoms with Gasteiger partial charge in [-0.1, -0.05) is 63.2 Å². The highest BCUT2D eigenvalue weighted by Crippen LogP contribution is 2.43. The van der Waals surface area contributed by atoms with Gasteiger partial charge in [-0.2, -0.15) is 0 Å². The molecule has 1 saturated heterocycles. The van der Waals surface area contributed by atoms with Gasteiger partial charge in [0.15, 0.2) is 11.6 Å². The molecule has 1 saturated carbocycles. The molecule has 0 nitrogen and oxygen atoms in total. The lowest BCUT2D eigenvalue weighted by atomic mass is 9.72. The van der Waals surface area contributed by atoms with Crippen LogP contribution in [0.15, 0.2) is 18.2 Å². The third-order valence-corrected chi connectivity index (χ3v) is 10.5. The van der Waals surface area contributed by atoms with Crippen LogP contribution in [-0.4, -0.2) is 8.80 Å². The molecule has 1 aliphatic heterocycles. The Morgan fingerprint density at radius 3 is 2.20 bits per heavy atom. The zero-order valence-electron chi connectivity index (χ0n) is 15.8. The Balaban J connectivity index is 1.43. The van der Waals surface area contributed by atoms with E-state index in [-0.39, 0.29) is 0 Å². The zero-order valence-corrected chi connectivity index (χ0v) is 16.9. The van der Waals surface area contributed by atoms with E-state index in [4.69, 9.17) is 0 Å². The Hall–Kier alpha value is -0.703. The van der Waals surface area contributed by atoms with E-state index in [1.165, 1.54) is 57.1 Å². The summed E-state index contributed by atoms with van der Waals surface area (Å²) in [7, 11) is -0.400. The number of halogens is 2. The molecule has 1 aromatic carbocycles. The van der Waals surface area contributed by atoms with Crippen LogP contribution in [0.1, 0.15) is 76.2 Å². The second-order valence-corrected chi connectivity index (χ2v) is 12.0. The first kappa shape index (κ1) is 19.1. The van der Waals surface area contributed by atoms with Gasteiger partial charge < -0.3 is 0 Å². The summed E-state index contributed by atoms with van der Waals surface area (Å²) < 4.78 is 26.6. The molecule has 0 unspecified atom stereocenters. The molecule has 0 spiro atoms. The maximum Gasteiger partial charge on any atom is 0.159 e. The van der Waals surface area contributed by atoms with Crippen molar-refractivity contribution >= 4 is 8.80 Å². The van der Waals surface area contributed by atoms with Crippen LogP contribution in [0.5, 0.6) is 0 Å². The minimum absolute atomic E-state index is 0.400. The molecular weight excluding hydrogens is 330 g/mol. The molecule has 25 heavy (non-hydrogen) atoms. The summed E-state index contributed by atoms with van der Waals surface area (Å²) in [5.74, 6) is 0.877. The predicted molar refractivity (Wildman–Crippen MR) is 105 cm³/mol. The molecule has 2 fully saturated rings. The van der Waals surface area contributed by atoms with Gasteiger partial charge in [0, 0.05) is 8.80 Å². The number of rotatable bonds is 6. The second kappa shape index (κ2) is 9.30. The first-order chi connectivity index (χ1) is 12.2. The van der Waals surface area contributed by atoms with Gasteiger partial charge in [0.05, 0.1) is 0 Å². The molecule has 0 amide bonds. The number of benzene rings is 1. The van der Waals surface area contributed by atoms with E-state index in [0.717, 1.165) is 30.2 Å². The Kier molecular flexibility index (Phi) is 7.09. The van der Waals surface area contributed by atoms with Gasteiger partial charge in [0.1, 0.15) is 0 Å². The molecular formula is C22H34F2Si. The molecule has 3 heteroatoms. The Bertz CT molecular complexity index is 529. The lowest BCUT2D eigenvalue weighted by Crippen LogP contribution is -2.28. The molecule has 0 bridgehead atoms. The van der Waals surface area contributed by atoms with Crippen LogP contribution in [-0.2, 0) is 0 Å². The summed E-state index contributed by atoms with van der Waals surface area (Å²) in [6, 6.07) is 9.25. The molecule has 0 atom stereocenters. The zero-order chi connectivity index (χ0) is 17.6. The van der Waals surface area contributed by atoms with E-state index in [9.17, 15) is 8.78 Å². The first-order valence-corrected chi connectivity index (χ1v) is 13.1. The van der Waals surface area contributed by atoms with Gasteiger partial charge in [0.2, 0.25) is 0 Å². The van der Waals surface area contributed by atoms with E-state index in [2.05, 4.69) is 6.92 Å². The minimum atomic E-state index is -0.725. The molecule has 1 aromatic rings. The van der Waals surface area contributed by atoms with Gasteiger partial charge in [-0.05, 0) is 61.1 Å². The molecule has 0 N–H and O–H groups in total. The number of unbranched alkanes of at least 4 members (excludes halogenated alkanes) is 2. The molecule has 3 rings (SSSR count). The fourth-order valence-electron chi connectivity index (χ4n) is 5.32. The minimum Gasteiger partial charge on any atom is -0.204 e. The molecule has 1 heterocycles. The van der Waals surface area contributed by atoms with Gasteiger partial charge in [-0.25, -0.2) is 8.78 Å². The highest BCUT2D eigenvalue weighted by atomic mass is 28.3. The van der Waals surface area contributed by atoms with Crippen molar-refractivity contribution in [3.05, 3.63) is 35.4 Å². The smallest absolute Gasteiger partial charge is 0.159 e. The van der Waals surface area contributed by atoms with E-state index >= 15 is 0 Å². The van der Waals surface area contributed by atoms with Gasteiger partial charge in [-0.3, -0.25) is 0 Å². The average molecular weight is 365 g/mol. The van der Waals surface area contributed by atoms with Crippen LogP contribution in [0, 0.1) is 23.5 Å². The van der Waals surface area contributed by atoms with Gasteiger partial charge >= 0.3 is 0 Å². The predicted octanol–water partition coefficient (Wildman–Crippen LogP) is 7.07. The van der Waals surface area contributed by atoms with Crippen molar-refractivity contribution in [1.82, 2.24) is 0 Å². The molecule has 2 aliphatic rings. The fraction of sp³-hybridized carbons (Fsp3) is 0.727. The SMILES string of the molecule is CCCCC[Si@H]1CC[C@H](C2CCC(c3ccc(F)c(F)c3)CC2)CC1. The maximum absolute atomic E-state index is 13.5. The van der Waals surface area contributed by atoms with E-state index < -0.39 is 20.4 Å². The van der Waals surface area contributed by atoms with Crippen molar-refractivity contribution in [2.45, 2.75) is 88.8 Å². The van der Waals surface area contributed by atoms with Crippen molar-refractivity contribution in [3.63, 3.8) is 0 Å².